The number of para-hydroxylation sites is 1. The SMILES string of the molecule is CN1CCCN(C(N)=Nc2ccccc2)CC1. The highest BCUT2D eigenvalue weighted by molar-refractivity contribution is 5.81. The first-order chi connectivity index (χ1) is 8.25. The van der Waals surface area contributed by atoms with Crippen LogP contribution in [-0.4, -0.2) is 49.0 Å². The smallest absolute Gasteiger partial charge is 0.196 e. The van der Waals surface area contributed by atoms with Gasteiger partial charge in [0.2, 0.25) is 0 Å². The van der Waals surface area contributed by atoms with Gasteiger partial charge in [-0.2, -0.15) is 0 Å². The maximum atomic E-state index is 6.05. The lowest BCUT2D eigenvalue weighted by Crippen LogP contribution is -2.39. The first-order valence-electron chi connectivity index (χ1n) is 6.08. The summed E-state index contributed by atoms with van der Waals surface area (Å²) in [6, 6.07) is 9.87. The Balaban J connectivity index is 2.04. The monoisotopic (exact) mass is 232 g/mol. The van der Waals surface area contributed by atoms with Crippen molar-refractivity contribution in [3.05, 3.63) is 30.3 Å². The second-order valence-corrected chi connectivity index (χ2v) is 4.45. The molecule has 1 aliphatic rings. The Morgan fingerprint density at radius 1 is 1.12 bits per heavy atom. The Bertz CT molecular complexity index is 374. The normalized spacial score (nSPS) is 19.1. The Morgan fingerprint density at radius 2 is 1.88 bits per heavy atom. The molecule has 0 radical (unpaired) electrons. The maximum absolute atomic E-state index is 6.05. The molecule has 0 spiro atoms. The number of guanidine groups is 1. The van der Waals surface area contributed by atoms with Gasteiger partial charge in [-0.25, -0.2) is 4.99 Å². The second kappa shape index (κ2) is 5.68. The van der Waals surface area contributed by atoms with Gasteiger partial charge in [-0.05, 0) is 32.1 Å². The van der Waals surface area contributed by atoms with Gasteiger partial charge >= 0.3 is 0 Å². The molecule has 0 unspecified atom stereocenters. The largest absolute Gasteiger partial charge is 0.369 e. The molecule has 4 heteroatoms. The van der Waals surface area contributed by atoms with Crippen molar-refractivity contribution in [1.29, 1.82) is 0 Å². The van der Waals surface area contributed by atoms with Crippen LogP contribution in [0.1, 0.15) is 6.42 Å². The van der Waals surface area contributed by atoms with Gasteiger partial charge in [0.25, 0.3) is 0 Å². The average Bonchev–Trinajstić information content (AvgIpc) is 2.55. The van der Waals surface area contributed by atoms with Crippen LogP contribution in [-0.2, 0) is 0 Å². The van der Waals surface area contributed by atoms with Crippen LogP contribution in [0, 0.1) is 0 Å². The van der Waals surface area contributed by atoms with Crippen molar-refractivity contribution in [2.24, 2.45) is 10.7 Å². The van der Waals surface area contributed by atoms with E-state index in [0.29, 0.717) is 5.96 Å². The molecule has 1 saturated heterocycles. The molecule has 2 N–H and O–H groups in total. The lowest BCUT2D eigenvalue weighted by Gasteiger charge is -2.21. The van der Waals surface area contributed by atoms with E-state index < -0.39 is 0 Å². The van der Waals surface area contributed by atoms with Crippen LogP contribution in [0.5, 0.6) is 0 Å². The Morgan fingerprint density at radius 3 is 2.65 bits per heavy atom. The molecule has 92 valence electrons. The number of hydrogen-bond acceptors (Lipinski definition) is 2. The second-order valence-electron chi connectivity index (χ2n) is 4.45. The zero-order valence-electron chi connectivity index (χ0n) is 10.3. The molecular formula is C13H20N4. The van der Waals surface area contributed by atoms with Crippen LogP contribution >= 0.6 is 0 Å². The fraction of sp³-hybridized carbons (Fsp3) is 0.462. The molecule has 0 aliphatic carbocycles. The maximum Gasteiger partial charge on any atom is 0.196 e. The van der Waals surface area contributed by atoms with Crippen molar-refractivity contribution in [3.63, 3.8) is 0 Å². The molecule has 1 aromatic carbocycles. The number of likely N-dealkylation sites (N-methyl/N-ethyl adjacent to an activating group) is 1. The van der Waals surface area contributed by atoms with Crippen molar-refractivity contribution < 1.29 is 0 Å². The fourth-order valence-electron chi connectivity index (χ4n) is 1.98. The molecular weight excluding hydrogens is 212 g/mol. The third-order valence-corrected chi connectivity index (χ3v) is 3.04. The number of nitrogens with zero attached hydrogens (tertiary/aromatic N) is 3. The zero-order chi connectivity index (χ0) is 12.1. The van der Waals surface area contributed by atoms with Crippen LogP contribution in [0.4, 0.5) is 5.69 Å². The van der Waals surface area contributed by atoms with E-state index in [1.54, 1.807) is 0 Å². The number of rotatable bonds is 1. The summed E-state index contributed by atoms with van der Waals surface area (Å²) in [4.78, 5) is 8.94. The molecule has 0 saturated carbocycles. The minimum Gasteiger partial charge on any atom is -0.369 e. The topological polar surface area (TPSA) is 44.9 Å². The van der Waals surface area contributed by atoms with E-state index >= 15 is 0 Å². The number of hydrogen-bond donors (Lipinski definition) is 1. The minimum absolute atomic E-state index is 0.631. The van der Waals surface area contributed by atoms with Crippen LogP contribution in [0.2, 0.25) is 0 Å². The van der Waals surface area contributed by atoms with Gasteiger partial charge in [-0.3, -0.25) is 0 Å². The summed E-state index contributed by atoms with van der Waals surface area (Å²) in [6.07, 6.45) is 1.14. The van der Waals surface area contributed by atoms with E-state index in [4.69, 9.17) is 5.73 Å². The minimum atomic E-state index is 0.631. The molecule has 0 bridgehead atoms. The average molecular weight is 232 g/mol. The van der Waals surface area contributed by atoms with Crippen molar-refractivity contribution in [3.8, 4) is 0 Å². The van der Waals surface area contributed by atoms with Crippen molar-refractivity contribution in [2.75, 3.05) is 33.2 Å². The van der Waals surface area contributed by atoms with Crippen LogP contribution in [0.15, 0.2) is 35.3 Å². The summed E-state index contributed by atoms with van der Waals surface area (Å²) in [5, 5.41) is 0. The predicted molar refractivity (Wildman–Crippen MR) is 71.4 cm³/mol. The van der Waals surface area contributed by atoms with E-state index in [1.807, 2.05) is 30.3 Å². The van der Waals surface area contributed by atoms with Crippen molar-refractivity contribution in [1.82, 2.24) is 9.80 Å². The first kappa shape index (κ1) is 11.9. The van der Waals surface area contributed by atoms with E-state index in [9.17, 15) is 0 Å². The Kier molecular flexibility index (Phi) is 3.98. The highest BCUT2D eigenvalue weighted by Gasteiger charge is 2.13. The molecule has 2 rings (SSSR count). The summed E-state index contributed by atoms with van der Waals surface area (Å²) in [6.45, 7) is 4.13. The highest BCUT2D eigenvalue weighted by Crippen LogP contribution is 2.10. The zero-order valence-corrected chi connectivity index (χ0v) is 10.3. The molecule has 1 aromatic rings. The molecule has 17 heavy (non-hydrogen) atoms. The third kappa shape index (κ3) is 3.46. The standard InChI is InChI=1S/C13H20N4/c1-16-8-5-9-17(11-10-16)13(14)15-12-6-3-2-4-7-12/h2-4,6-7H,5,8-11H2,1H3,(H2,14,15). The third-order valence-electron chi connectivity index (χ3n) is 3.04. The summed E-state index contributed by atoms with van der Waals surface area (Å²) in [5.41, 5.74) is 6.97. The van der Waals surface area contributed by atoms with E-state index in [2.05, 4.69) is 21.8 Å². The molecule has 1 heterocycles. The Labute approximate surface area is 103 Å². The van der Waals surface area contributed by atoms with Crippen molar-refractivity contribution in [2.45, 2.75) is 6.42 Å². The van der Waals surface area contributed by atoms with Gasteiger partial charge in [0.1, 0.15) is 0 Å². The molecule has 1 aliphatic heterocycles. The number of aliphatic imine (C=N–C) groups is 1. The van der Waals surface area contributed by atoms with Crippen LogP contribution in [0.25, 0.3) is 0 Å². The van der Waals surface area contributed by atoms with Crippen molar-refractivity contribution >= 4 is 11.6 Å². The quantitative estimate of drug-likeness (QED) is 0.586. The summed E-state index contributed by atoms with van der Waals surface area (Å²) in [5.74, 6) is 0.631. The first-order valence-corrected chi connectivity index (χ1v) is 6.08. The van der Waals surface area contributed by atoms with Gasteiger partial charge < -0.3 is 15.5 Å². The van der Waals surface area contributed by atoms with Gasteiger partial charge in [-0.15, -0.1) is 0 Å². The lowest BCUT2D eigenvalue weighted by atomic mass is 10.3. The van der Waals surface area contributed by atoms with Gasteiger partial charge in [0.15, 0.2) is 5.96 Å². The molecule has 0 atom stereocenters. The molecule has 0 amide bonds. The number of benzene rings is 1. The molecule has 0 aromatic heterocycles. The molecule has 1 fully saturated rings. The Hall–Kier alpha value is -1.55. The molecule has 4 nitrogen and oxygen atoms in total. The van der Waals surface area contributed by atoms with Gasteiger partial charge in [-0.1, -0.05) is 18.2 Å². The summed E-state index contributed by atoms with van der Waals surface area (Å²) in [7, 11) is 2.15. The summed E-state index contributed by atoms with van der Waals surface area (Å²) < 4.78 is 0. The van der Waals surface area contributed by atoms with Crippen LogP contribution < -0.4 is 5.73 Å². The lowest BCUT2D eigenvalue weighted by molar-refractivity contribution is 0.345. The fourth-order valence-corrected chi connectivity index (χ4v) is 1.98. The predicted octanol–water partition coefficient (Wildman–Crippen LogP) is 1.27. The van der Waals surface area contributed by atoms with E-state index in [1.165, 1.54) is 0 Å². The highest BCUT2D eigenvalue weighted by atomic mass is 15.3. The van der Waals surface area contributed by atoms with Gasteiger partial charge in [0.05, 0.1) is 5.69 Å². The number of nitrogens with two attached hydrogens (primary N) is 1. The van der Waals surface area contributed by atoms with E-state index in [-0.39, 0.29) is 0 Å². The van der Waals surface area contributed by atoms with E-state index in [0.717, 1.165) is 38.3 Å². The van der Waals surface area contributed by atoms with Crippen LogP contribution in [0.3, 0.4) is 0 Å². The van der Waals surface area contributed by atoms with Gasteiger partial charge in [0, 0.05) is 19.6 Å². The summed E-state index contributed by atoms with van der Waals surface area (Å²) >= 11 is 0.